The fourth-order valence-electron chi connectivity index (χ4n) is 8.09. The van der Waals surface area contributed by atoms with Gasteiger partial charge in [0.2, 0.25) is 0 Å². The van der Waals surface area contributed by atoms with E-state index in [-0.39, 0.29) is 24.5 Å². The molecule has 0 radical (unpaired) electrons. The van der Waals surface area contributed by atoms with Crippen molar-refractivity contribution in [3.05, 3.63) is 0 Å². The van der Waals surface area contributed by atoms with Crippen LogP contribution in [-0.2, 0) is 38.0 Å². The lowest BCUT2D eigenvalue weighted by atomic mass is 9.76. The van der Waals surface area contributed by atoms with E-state index in [1.807, 2.05) is 39.8 Å². The Kier molecular flexibility index (Phi) is 13.6. The number of epoxide rings is 1. The molecule has 1 spiro atoms. The number of rotatable bonds is 6. The van der Waals surface area contributed by atoms with Gasteiger partial charge in [0.1, 0.15) is 23.9 Å². The third kappa shape index (κ3) is 8.78. The summed E-state index contributed by atoms with van der Waals surface area (Å²) in [6.45, 7) is 14.9. The topological polar surface area (TPSA) is 181 Å². The van der Waals surface area contributed by atoms with Crippen LogP contribution in [0.5, 0.6) is 0 Å². The van der Waals surface area contributed by atoms with Crippen molar-refractivity contribution in [3.63, 3.8) is 0 Å². The van der Waals surface area contributed by atoms with Crippen molar-refractivity contribution in [2.45, 2.75) is 154 Å². The highest BCUT2D eigenvalue weighted by molar-refractivity contribution is 5.96. The molecule has 14 nitrogen and oxygen atoms in total. The van der Waals surface area contributed by atoms with Crippen LogP contribution >= 0.6 is 0 Å². The second kappa shape index (κ2) is 16.5. The van der Waals surface area contributed by atoms with Crippen LogP contribution in [0.3, 0.4) is 0 Å². The number of carbonyl (C=O) groups excluding carboxylic acids is 1. The van der Waals surface area contributed by atoms with Crippen LogP contribution in [0.15, 0.2) is 5.16 Å². The predicted molar refractivity (Wildman–Crippen MR) is 178 cm³/mol. The van der Waals surface area contributed by atoms with Crippen LogP contribution < -0.4 is 0 Å². The Labute approximate surface area is 291 Å². The lowest BCUT2D eigenvalue weighted by Crippen LogP contribution is -2.57. The van der Waals surface area contributed by atoms with Gasteiger partial charge in [-0.2, -0.15) is 0 Å². The molecule has 0 aromatic rings. The molecule has 4 heterocycles. The second-order valence-corrected chi connectivity index (χ2v) is 15.4. The summed E-state index contributed by atoms with van der Waals surface area (Å²) in [6.07, 6.45) is -6.97. The van der Waals surface area contributed by atoms with E-state index < -0.39 is 96.7 Å². The zero-order valence-electron chi connectivity index (χ0n) is 31.1. The maximum Gasteiger partial charge on any atom is 0.311 e. The van der Waals surface area contributed by atoms with Gasteiger partial charge < -0.3 is 58.6 Å². The molecule has 0 aromatic heterocycles. The molecular weight excluding hydrogens is 640 g/mol. The van der Waals surface area contributed by atoms with Crippen molar-refractivity contribution in [2.75, 3.05) is 27.8 Å². The van der Waals surface area contributed by atoms with E-state index in [9.17, 15) is 25.3 Å². The van der Waals surface area contributed by atoms with Gasteiger partial charge in [0.15, 0.2) is 12.6 Å². The first kappa shape index (κ1) is 40.3. The van der Waals surface area contributed by atoms with Crippen molar-refractivity contribution in [1.29, 1.82) is 0 Å². The summed E-state index contributed by atoms with van der Waals surface area (Å²) in [5, 5.41) is 47.4. The Balaban J connectivity index is 1.77. The van der Waals surface area contributed by atoms with E-state index in [0.29, 0.717) is 25.2 Å². The average molecular weight is 703 g/mol. The van der Waals surface area contributed by atoms with E-state index in [2.05, 4.69) is 5.16 Å². The lowest BCUT2D eigenvalue weighted by molar-refractivity contribution is -0.299. The highest BCUT2D eigenvalue weighted by Gasteiger charge is 2.56. The number of esters is 1. The maximum absolute atomic E-state index is 13.9. The highest BCUT2D eigenvalue weighted by Crippen LogP contribution is 2.44. The van der Waals surface area contributed by atoms with E-state index in [4.69, 9.17) is 33.2 Å². The first-order valence-electron chi connectivity index (χ1n) is 17.9. The van der Waals surface area contributed by atoms with Crippen LogP contribution in [0.25, 0.3) is 0 Å². The Hall–Kier alpha value is -1.46. The molecule has 4 N–H and O–H groups in total. The monoisotopic (exact) mass is 702 g/mol. The van der Waals surface area contributed by atoms with E-state index in [1.54, 1.807) is 34.6 Å². The number of carbonyl (C=O) groups is 1. The number of nitrogens with zero attached hydrogens (tertiary/aromatic N) is 2. The molecule has 0 saturated carbocycles. The summed E-state index contributed by atoms with van der Waals surface area (Å²) >= 11 is 0. The molecule has 4 aliphatic heterocycles. The molecule has 4 saturated heterocycles. The molecule has 49 heavy (non-hydrogen) atoms. The summed E-state index contributed by atoms with van der Waals surface area (Å²) in [4.78, 5) is 15.9. The van der Waals surface area contributed by atoms with Gasteiger partial charge in [-0.25, -0.2) is 0 Å². The minimum Gasteiger partial charge on any atom is -0.462 e. The van der Waals surface area contributed by atoms with Gasteiger partial charge in [-0.1, -0.05) is 32.9 Å². The van der Waals surface area contributed by atoms with Gasteiger partial charge in [-0.05, 0) is 60.5 Å². The standard InChI is InChI=1S/C35H62N2O12/c1-16-14-35(15-44-35)32(36-42)19(4)27(38)18(3)22(7)47-33(41)21(6)31(48-26-13-25(43-11)28(39)23(8)46-26)20(5)30(16)49-34-29(40)24(37(9)10)12-17(2)45-34/h16-31,34,38-40,42H,12-15H2,1-11H3/t16-,17+,18-,19+,20+,21+,22+,23-,24-,25+,26-,27-,28-,29-,30-,31-,34-,35+/m0/s1. The molecule has 14 heteroatoms. The quantitative estimate of drug-likeness (QED) is 0.137. The molecule has 18 atom stereocenters. The third-order valence-electron chi connectivity index (χ3n) is 11.5. The molecule has 0 aliphatic carbocycles. The number of ether oxygens (including phenoxy) is 7. The fourth-order valence-corrected chi connectivity index (χ4v) is 8.09. The summed E-state index contributed by atoms with van der Waals surface area (Å²) in [5.41, 5.74) is -0.637. The second-order valence-electron chi connectivity index (χ2n) is 15.4. The molecule has 284 valence electrons. The lowest BCUT2D eigenvalue weighted by Gasteiger charge is -2.46. The minimum absolute atomic E-state index is 0.197. The van der Waals surface area contributed by atoms with E-state index in [0.717, 1.165) is 0 Å². The Morgan fingerprint density at radius 2 is 1.49 bits per heavy atom. The highest BCUT2D eigenvalue weighted by atomic mass is 16.7. The van der Waals surface area contributed by atoms with Crippen molar-refractivity contribution in [3.8, 4) is 0 Å². The molecule has 4 rings (SSSR count). The van der Waals surface area contributed by atoms with Gasteiger partial charge in [0.25, 0.3) is 0 Å². The van der Waals surface area contributed by atoms with Gasteiger partial charge in [-0.15, -0.1) is 0 Å². The number of likely N-dealkylation sites (N-methyl/N-ethyl adjacent to an activating group) is 1. The molecule has 4 aliphatic rings. The van der Waals surface area contributed by atoms with Crippen molar-refractivity contribution >= 4 is 11.7 Å². The maximum atomic E-state index is 13.9. The number of aliphatic hydroxyl groups excluding tert-OH is 3. The molecule has 4 fully saturated rings. The zero-order chi connectivity index (χ0) is 36.5. The average Bonchev–Trinajstić information content (AvgIpc) is 3.82. The number of oxime groups is 1. The molecule has 0 bridgehead atoms. The Bertz CT molecular complexity index is 1120. The van der Waals surface area contributed by atoms with E-state index >= 15 is 0 Å². The summed E-state index contributed by atoms with van der Waals surface area (Å²) in [7, 11) is 5.33. The molecule has 0 amide bonds. The minimum atomic E-state index is -1.01. The Morgan fingerprint density at radius 3 is 2.06 bits per heavy atom. The molecular formula is C35H62N2O12. The SMILES string of the molecule is CO[C@@H]1C[C@H](O[C@H]2[C@H](C)[C@@H](O[C@@H]3O[C@H](C)C[C@H](N(C)C)[C@@H]3O)[C@@H](C)C[C@@]3(CO3)C(=NO)[C@H](C)[C@@H](O)[C@@H](C)[C@@H](C)OC(=O)[C@@H]2C)O[C@@H](C)[C@@H]1O. The number of cyclic esters (lactones) is 1. The van der Waals surface area contributed by atoms with Crippen LogP contribution in [0.2, 0.25) is 0 Å². The zero-order valence-corrected chi connectivity index (χ0v) is 31.1. The normalized spacial score (nSPS) is 49.9. The summed E-state index contributed by atoms with van der Waals surface area (Å²) in [6, 6.07) is -0.217. The van der Waals surface area contributed by atoms with Gasteiger partial charge in [0, 0.05) is 37.3 Å². The van der Waals surface area contributed by atoms with Crippen molar-refractivity contribution in [1.82, 2.24) is 4.90 Å². The smallest absolute Gasteiger partial charge is 0.311 e. The number of methoxy groups -OCH3 is 1. The van der Waals surface area contributed by atoms with Crippen LogP contribution in [0.4, 0.5) is 0 Å². The van der Waals surface area contributed by atoms with Crippen LogP contribution in [-0.4, -0.2) is 144 Å². The van der Waals surface area contributed by atoms with Crippen molar-refractivity contribution < 1.29 is 58.5 Å². The van der Waals surface area contributed by atoms with Crippen LogP contribution in [0.1, 0.15) is 74.7 Å². The van der Waals surface area contributed by atoms with Crippen LogP contribution in [0, 0.1) is 29.6 Å². The number of hydrogen-bond donors (Lipinski definition) is 4. The Morgan fingerprint density at radius 1 is 0.837 bits per heavy atom. The van der Waals surface area contributed by atoms with Crippen molar-refractivity contribution in [2.24, 2.45) is 34.7 Å². The number of hydrogen-bond acceptors (Lipinski definition) is 14. The summed E-state index contributed by atoms with van der Waals surface area (Å²) in [5.74, 6) is -3.30. The van der Waals surface area contributed by atoms with E-state index in [1.165, 1.54) is 7.11 Å². The van der Waals surface area contributed by atoms with Gasteiger partial charge >= 0.3 is 5.97 Å². The third-order valence-corrected chi connectivity index (χ3v) is 11.5. The largest absolute Gasteiger partial charge is 0.462 e. The predicted octanol–water partition coefficient (Wildman–Crippen LogP) is 2.17. The van der Waals surface area contributed by atoms with Gasteiger partial charge in [-0.3, -0.25) is 4.79 Å². The summed E-state index contributed by atoms with van der Waals surface area (Å²) < 4.78 is 43.3. The van der Waals surface area contributed by atoms with Gasteiger partial charge in [0.05, 0.1) is 54.9 Å². The fraction of sp³-hybridized carbons (Fsp3) is 0.943. The molecule has 0 unspecified atom stereocenters. The number of aliphatic hydroxyl groups is 3. The first-order chi connectivity index (χ1) is 23.0. The first-order valence-corrected chi connectivity index (χ1v) is 17.9. The molecule has 0 aromatic carbocycles.